The number of aliphatic hydroxyl groups is 5. The number of phosphoric ester groups is 1. The van der Waals surface area contributed by atoms with Crippen molar-refractivity contribution in [3.8, 4) is 0 Å². The topological polar surface area (TPSA) is 210 Å². The largest absolute Gasteiger partial charge is 0.472 e. The standard InChI is InChI=1S/C46H83O13P/c1-3-5-7-9-11-13-15-17-19-20-21-23-24-26-28-30-32-34-39(47)56-36-38(37-57-60(54,55)59-46-44(52)42(50)41(49)43(51)45(46)53)58-40(48)35-33-31-29-27-25-22-18-16-14-12-10-8-6-4-2/h11,13,16-19,38,41-46,49-53H,3-10,12,14-15,20-37H2,1-2H3,(H,54,55)/b13-11+,18-16+,19-17+/t38-,41?,42-,43?,44?,45?,46?/m0/s1. The molecule has 1 aliphatic rings. The maximum atomic E-state index is 12.8. The van der Waals surface area contributed by atoms with Gasteiger partial charge in [0.05, 0.1) is 6.61 Å². The molecule has 1 saturated carbocycles. The summed E-state index contributed by atoms with van der Waals surface area (Å²) in [5.41, 5.74) is 0. The maximum absolute atomic E-state index is 12.8. The molecule has 0 radical (unpaired) electrons. The van der Waals surface area contributed by atoms with E-state index < -0.39 is 75.7 Å². The van der Waals surface area contributed by atoms with E-state index in [-0.39, 0.29) is 12.8 Å². The summed E-state index contributed by atoms with van der Waals surface area (Å²) in [6, 6.07) is 0. The molecule has 13 nitrogen and oxygen atoms in total. The van der Waals surface area contributed by atoms with Gasteiger partial charge in [-0.2, -0.15) is 0 Å². The number of phosphoric acid groups is 1. The summed E-state index contributed by atoms with van der Waals surface area (Å²) in [6.07, 6.45) is 27.6. The van der Waals surface area contributed by atoms with E-state index in [0.29, 0.717) is 12.8 Å². The van der Waals surface area contributed by atoms with Gasteiger partial charge in [0, 0.05) is 12.8 Å². The van der Waals surface area contributed by atoms with Crippen molar-refractivity contribution in [3.05, 3.63) is 36.5 Å². The second-order valence-corrected chi connectivity index (χ2v) is 17.7. The predicted octanol–water partition coefficient (Wildman–Crippen LogP) is 9.00. The van der Waals surface area contributed by atoms with Crippen molar-refractivity contribution in [2.75, 3.05) is 13.2 Å². The molecular weight excluding hydrogens is 791 g/mol. The first-order valence-corrected chi connectivity index (χ1v) is 24.8. The van der Waals surface area contributed by atoms with Crippen LogP contribution in [0.3, 0.4) is 0 Å². The first-order chi connectivity index (χ1) is 28.9. The van der Waals surface area contributed by atoms with Crippen molar-refractivity contribution in [2.24, 2.45) is 0 Å². The van der Waals surface area contributed by atoms with Gasteiger partial charge in [0.15, 0.2) is 6.10 Å². The lowest BCUT2D eigenvalue weighted by molar-refractivity contribution is -0.220. The molecular formula is C46H83O13P. The first-order valence-electron chi connectivity index (χ1n) is 23.3. The average Bonchev–Trinajstić information content (AvgIpc) is 3.23. The van der Waals surface area contributed by atoms with E-state index in [1.54, 1.807) is 0 Å². The predicted molar refractivity (Wildman–Crippen MR) is 235 cm³/mol. The third kappa shape index (κ3) is 28.6. The molecule has 0 saturated heterocycles. The molecule has 0 amide bonds. The fraction of sp³-hybridized carbons (Fsp3) is 0.826. The van der Waals surface area contributed by atoms with Crippen molar-refractivity contribution in [1.29, 1.82) is 0 Å². The summed E-state index contributed by atoms with van der Waals surface area (Å²) < 4.78 is 33.5. The zero-order chi connectivity index (χ0) is 44.3. The zero-order valence-corrected chi connectivity index (χ0v) is 37.9. The lowest BCUT2D eigenvalue weighted by Gasteiger charge is -2.41. The van der Waals surface area contributed by atoms with E-state index in [9.17, 15) is 44.6 Å². The van der Waals surface area contributed by atoms with E-state index in [2.05, 4.69) is 50.3 Å². The molecule has 1 rings (SSSR count). The van der Waals surface area contributed by atoms with Crippen molar-refractivity contribution in [3.63, 3.8) is 0 Å². The molecule has 0 bridgehead atoms. The molecule has 0 spiro atoms. The smallest absolute Gasteiger partial charge is 0.462 e. The zero-order valence-electron chi connectivity index (χ0n) is 37.0. The van der Waals surface area contributed by atoms with Gasteiger partial charge < -0.3 is 39.9 Å². The highest BCUT2D eigenvalue weighted by atomic mass is 31.2. The third-order valence-electron chi connectivity index (χ3n) is 10.7. The summed E-state index contributed by atoms with van der Waals surface area (Å²) in [4.78, 5) is 35.7. The quantitative estimate of drug-likeness (QED) is 0.0148. The Morgan fingerprint density at radius 1 is 0.517 bits per heavy atom. The number of hydrogen-bond acceptors (Lipinski definition) is 12. The minimum absolute atomic E-state index is 0.0851. The first kappa shape index (κ1) is 56.1. The summed E-state index contributed by atoms with van der Waals surface area (Å²) >= 11 is 0. The SMILES string of the molecule is CCCCC/C=C/C/C=C/CCCCCCCCCC(=O)OC[C@@H](COP(=O)(O)OC1C(O)C(O)C(O)[C@H](O)C1O)OC(=O)CCCCCCC/C=C/CCCCCCC. The number of carbonyl (C=O) groups excluding carboxylic acids is 2. The van der Waals surface area contributed by atoms with Crippen molar-refractivity contribution < 1.29 is 63.1 Å². The van der Waals surface area contributed by atoms with E-state index in [1.165, 1.54) is 64.2 Å². The Morgan fingerprint density at radius 2 is 0.900 bits per heavy atom. The molecule has 0 heterocycles. The van der Waals surface area contributed by atoms with Gasteiger partial charge in [-0.25, -0.2) is 4.57 Å². The van der Waals surface area contributed by atoms with Crippen molar-refractivity contribution in [2.45, 2.75) is 230 Å². The Bertz CT molecular complexity index is 1190. The van der Waals surface area contributed by atoms with Gasteiger partial charge in [0.1, 0.15) is 43.2 Å². The van der Waals surface area contributed by atoms with E-state index in [4.69, 9.17) is 18.5 Å². The van der Waals surface area contributed by atoms with E-state index in [0.717, 1.165) is 83.5 Å². The van der Waals surface area contributed by atoms with Crippen LogP contribution >= 0.6 is 7.82 Å². The van der Waals surface area contributed by atoms with Crippen LogP contribution in [-0.4, -0.2) is 98.3 Å². The molecule has 0 aromatic rings. The van der Waals surface area contributed by atoms with Crippen molar-refractivity contribution in [1.82, 2.24) is 0 Å². The van der Waals surface area contributed by atoms with Crippen LogP contribution in [-0.2, 0) is 32.7 Å². The minimum atomic E-state index is -5.12. The third-order valence-corrected chi connectivity index (χ3v) is 11.7. The Balaban J connectivity index is 2.46. The number of aliphatic hydroxyl groups excluding tert-OH is 5. The highest BCUT2D eigenvalue weighted by Gasteiger charge is 2.51. The molecule has 350 valence electrons. The number of allylic oxidation sites excluding steroid dienone is 6. The monoisotopic (exact) mass is 875 g/mol. The van der Waals surface area contributed by atoms with Gasteiger partial charge >= 0.3 is 19.8 Å². The number of carbonyl (C=O) groups is 2. The minimum Gasteiger partial charge on any atom is -0.462 e. The van der Waals surface area contributed by atoms with Crippen LogP contribution in [0.5, 0.6) is 0 Å². The summed E-state index contributed by atoms with van der Waals surface area (Å²) in [5.74, 6) is -1.12. The van der Waals surface area contributed by atoms with Gasteiger partial charge in [-0.3, -0.25) is 18.6 Å². The van der Waals surface area contributed by atoms with Crippen LogP contribution in [0.15, 0.2) is 36.5 Å². The Hall–Kier alpha value is -1.93. The molecule has 60 heavy (non-hydrogen) atoms. The van der Waals surface area contributed by atoms with Crippen LogP contribution < -0.4 is 0 Å². The highest BCUT2D eigenvalue weighted by Crippen LogP contribution is 2.47. The molecule has 6 unspecified atom stereocenters. The van der Waals surface area contributed by atoms with Gasteiger partial charge in [0.2, 0.25) is 0 Å². The van der Waals surface area contributed by atoms with Crippen LogP contribution in [0, 0.1) is 0 Å². The number of esters is 2. The molecule has 0 aliphatic heterocycles. The molecule has 14 heteroatoms. The van der Waals surface area contributed by atoms with Crippen LogP contribution in [0.2, 0.25) is 0 Å². The molecule has 1 aliphatic carbocycles. The van der Waals surface area contributed by atoms with Gasteiger partial charge in [-0.1, -0.05) is 140 Å². The Kier molecular flexibility index (Phi) is 34.2. The number of hydrogen-bond donors (Lipinski definition) is 6. The Labute approximate surface area is 361 Å². The number of unbranched alkanes of at least 4 members (excludes halogenated alkanes) is 20. The van der Waals surface area contributed by atoms with Gasteiger partial charge in [-0.15, -0.1) is 0 Å². The second kappa shape index (κ2) is 36.5. The molecule has 6 N–H and O–H groups in total. The fourth-order valence-electron chi connectivity index (χ4n) is 6.90. The van der Waals surface area contributed by atoms with Crippen molar-refractivity contribution >= 4 is 19.8 Å². The molecule has 1 fully saturated rings. The summed E-state index contributed by atoms with van der Waals surface area (Å²) in [6.45, 7) is 3.25. The highest BCUT2D eigenvalue weighted by molar-refractivity contribution is 7.47. The number of rotatable bonds is 38. The Morgan fingerprint density at radius 3 is 1.40 bits per heavy atom. The van der Waals surface area contributed by atoms with E-state index in [1.807, 2.05) is 0 Å². The van der Waals surface area contributed by atoms with Gasteiger partial charge in [-0.05, 0) is 70.6 Å². The van der Waals surface area contributed by atoms with Crippen LogP contribution in [0.1, 0.15) is 187 Å². The number of ether oxygens (including phenoxy) is 2. The lowest BCUT2D eigenvalue weighted by atomic mass is 9.85. The second-order valence-electron chi connectivity index (χ2n) is 16.3. The van der Waals surface area contributed by atoms with E-state index >= 15 is 0 Å². The van der Waals surface area contributed by atoms with Crippen LogP contribution in [0.4, 0.5) is 0 Å². The maximum Gasteiger partial charge on any atom is 0.472 e. The molecule has 0 aromatic heterocycles. The van der Waals surface area contributed by atoms with Crippen LogP contribution in [0.25, 0.3) is 0 Å². The lowest BCUT2D eigenvalue weighted by Crippen LogP contribution is -2.64. The summed E-state index contributed by atoms with van der Waals surface area (Å²) in [7, 11) is -5.12. The molecule has 8 atom stereocenters. The molecule has 0 aromatic carbocycles. The average molecular weight is 875 g/mol. The normalized spacial score (nSPS) is 22.5. The van der Waals surface area contributed by atoms with Gasteiger partial charge in [0.25, 0.3) is 0 Å². The fourth-order valence-corrected chi connectivity index (χ4v) is 7.87. The summed E-state index contributed by atoms with van der Waals surface area (Å²) in [5, 5.41) is 50.1.